The first-order chi connectivity index (χ1) is 15.6. The second-order valence-corrected chi connectivity index (χ2v) is 9.89. The maximum Gasteiger partial charge on any atom is 0.126 e. The Bertz CT molecular complexity index is 848. The Morgan fingerprint density at radius 1 is 1.25 bits per heavy atom. The Morgan fingerprint density at radius 2 is 2.06 bits per heavy atom. The summed E-state index contributed by atoms with van der Waals surface area (Å²) >= 11 is 0. The number of aliphatic hydroxyl groups is 2. The molecule has 0 spiro atoms. The fraction of sp³-hybridized carbons (Fsp3) is 0.643. The molecule has 2 N–H and O–H groups in total. The van der Waals surface area contributed by atoms with E-state index in [-0.39, 0.29) is 23.9 Å². The minimum absolute atomic E-state index is 0.0224. The van der Waals surface area contributed by atoms with Crippen molar-refractivity contribution in [1.29, 1.82) is 0 Å². The first-order valence-electron chi connectivity index (χ1n) is 12.5. The van der Waals surface area contributed by atoms with E-state index in [0.717, 1.165) is 12.2 Å². The molecule has 3 aliphatic rings. The number of aryl methyl sites for hydroxylation is 1. The highest BCUT2D eigenvalue weighted by Crippen LogP contribution is 2.52. The highest BCUT2D eigenvalue weighted by molar-refractivity contribution is 5.49. The molecule has 0 bridgehead atoms. The molecule has 0 unspecified atom stereocenters. The second kappa shape index (κ2) is 10.9. The van der Waals surface area contributed by atoms with Crippen LogP contribution in [0.4, 0.5) is 0 Å². The molecule has 0 radical (unpaired) electrons. The third kappa shape index (κ3) is 5.22. The smallest absolute Gasteiger partial charge is 0.126 e. The molecule has 0 aromatic heterocycles. The van der Waals surface area contributed by atoms with Gasteiger partial charge in [0.15, 0.2) is 0 Å². The number of hydrogen-bond acceptors (Lipinski definition) is 4. The maximum absolute atomic E-state index is 10.7. The molecule has 2 fully saturated rings. The van der Waals surface area contributed by atoms with Crippen LogP contribution in [0.25, 0.3) is 0 Å². The van der Waals surface area contributed by atoms with Crippen LogP contribution in [0.3, 0.4) is 0 Å². The van der Waals surface area contributed by atoms with E-state index in [4.69, 9.17) is 4.74 Å². The third-order valence-corrected chi connectivity index (χ3v) is 7.57. The van der Waals surface area contributed by atoms with Gasteiger partial charge in [0.1, 0.15) is 11.9 Å². The monoisotopic (exact) mass is 437 g/mol. The average molecular weight is 438 g/mol. The number of benzene rings is 1. The van der Waals surface area contributed by atoms with E-state index in [2.05, 4.69) is 34.9 Å². The van der Waals surface area contributed by atoms with Gasteiger partial charge >= 0.3 is 0 Å². The molecular weight excluding hydrogens is 398 g/mol. The Morgan fingerprint density at radius 3 is 2.84 bits per heavy atom. The van der Waals surface area contributed by atoms with Crippen LogP contribution in [0, 0.1) is 23.7 Å². The number of unbranched alkanes of at least 4 members (excludes halogenated alkanes) is 1. The quantitative estimate of drug-likeness (QED) is 0.344. The zero-order valence-electron chi connectivity index (χ0n) is 19.7. The molecule has 2 heterocycles. The van der Waals surface area contributed by atoms with Gasteiger partial charge in [-0.25, -0.2) is 0 Å². The molecule has 1 saturated heterocycles. The molecule has 1 aliphatic carbocycles. The van der Waals surface area contributed by atoms with Gasteiger partial charge in [0.05, 0.1) is 12.2 Å². The third-order valence-electron chi connectivity index (χ3n) is 7.57. The predicted octanol–water partition coefficient (Wildman–Crippen LogP) is 4.30. The van der Waals surface area contributed by atoms with Crippen molar-refractivity contribution in [3.8, 4) is 17.6 Å². The SMILES string of the molecule is CC#CC[C@H](C)[C@@H](O)/C=C/[C@@H]1[C@H]2c3cccc(CCCCN4CCCC4)c3O[C@H]2C[C@H]1O. The summed E-state index contributed by atoms with van der Waals surface area (Å²) in [5.41, 5.74) is 2.54. The number of fused-ring (bicyclic) bond motifs is 3. The molecule has 1 saturated carbocycles. The standard InChI is InChI=1S/C28H39NO3/c1-3-4-10-20(2)24(30)15-14-22-25(31)19-26-27(22)23-13-9-12-21(28(23)32-26)11-5-6-16-29-17-7-8-18-29/h9,12-15,20,22,24-27,30-31H,5-8,10-11,16-19H2,1-2H3/b15-14+/t20-,22-,24-,25+,26-,27-/m0/s1. The van der Waals surface area contributed by atoms with Crippen molar-refractivity contribution in [2.45, 2.75) is 83.0 Å². The topological polar surface area (TPSA) is 52.9 Å². The van der Waals surface area contributed by atoms with Crippen molar-refractivity contribution >= 4 is 0 Å². The molecule has 2 aliphatic heterocycles. The zero-order valence-corrected chi connectivity index (χ0v) is 19.7. The van der Waals surface area contributed by atoms with Crippen LogP contribution in [0.1, 0.15) is 69.4 Å². The van der Waals surface area contributed by atoms with Crippen molar-refractivity contribution < 1.29 is 14.9 Å². The van der Waals surface area contributed by atoms with Crippen molar-refractivity contribution in [3.63, 3.8) is 0 Å². The summed E-state index contributed by atoms with van der Waals surface area (Å²) < 4.78 is 6.42. The largest absolute Gasteiger partial charge is 0.489 e. The Labute approximate surface area is 193 Å². The molecule has 4 nitrogen and oxygen atoms in total. The van der Waals surface area contributed by atoms with Crippen LogP contribution in [-0.4, -0.2) is 53.1 Å². The summed E-state index contributed by atoms with van der Waals surface area (Å²) in [5, 5.41) is 21.2. The Kier molecular flexibility index (Phi) is 7.94. The van der Waals surface area contributed by atoms with Crippen LogP contribution < -0.4 is 4.74 Å². The van der Waals surface area contributed by atoms with Crippen LogP contribution >= 0.6 is 0 Å². The molecule has 0 amide bonds. The predicted molar refractivity (Wildman–Crippen MR) is 129 cm³/mol. The van der Waals surface area contributed by atoms with Crippen LogP contribution in [0.5, 0.6) is 5.75 Å². The van der Waals surface area contributed by atoms with Gasteiger partial charge in [-0.05, 0) is 70.1 Å². The van der Waals surface area contributed by atoms with Crippen molar-refractivity contribution in [3.05, 3.63) is 41.5 Å². The number of rotatable bonds is 9. The number of aliphatic hydroxyl groups excluding tert-OH is 2. The number of likely N-dealkylation sites (tertiary alicyclic amines) is 1. The van der Waals surface area contributed by atoms with Gasteiger partial charge in [0.2, 0.25) is 0 Å². The Balaban J connectivity index is 1.40. The van der Waals surface area contributed by atoms with E-state index in [1.165, 1.54) is 56.4 Å². The fourth-order valence-electron chi connectivity index (χ4n) is 5.64. The lowest BCUT2D eigenvalue weighted by Gasteiger charge is -2.19. The van der Waals surface area contributed by atoms with E-state index in [1.807, 2.05) is 26.0 Å². The van der Waals surface area contributed by atoms with Crippen molar-refractivity contribution in [2.24, 2.45) is 11.8 Å². The Hall–Kier alpha value is -1.80. The summed E-state index contributed by atoms with van der Waals surface area (Å²) in [6.45, 7) is 7.58. The van der Waals surface area contributed by atoms with Gasteiger partial charge in [0.25, 0.3) is 0 Å². The molecule has 1 aromatic carbocycles. The van der Waals surface area contributed by atoms with E-state index in [1.54, 1.807) is 0 Å². The van der Waals surface area contributed by atoms with E-state index in [0.29, 0.717) is 12.8 Å². The van der Waals surface area contributed by atoms with Gasteiger partial charge < -0.3 is 19.8 Å². The van der Waals surface area contributed by atoms with Crippen LogP contribution in [0.2, 0.25) is 0 Å². The highest BCUT2D eigenvalue weighted by atomic mass is 16.5. The first-order valence-corrected chi connectivity index (χ1v) is 12.5. The molecular formula is C28H39NO3. The lowest BCUT2D eigenvalue weighted by Crippen LogP contribution is -2.20. The van der Waals surface area contributed by atoms with Gasteiger partial charge in [0, 0.05) is 30.2 Å². The normalized spacial score (nSPS) is 28.8. The van der Waals surface area contributed by atoms with E-state index in [9.17, 15) is 10.2 Å². The lowest BCUT2D eigenvalue weighted by atomic mass is 9.86. The number of para-hydroxylation sites is 1. The summed E-state index contributed by atoms with van der Waals surface area (Å²) in [6, 6.07) is 6.52. The fourth-order valence-corrected chi connectivity index (χ4v) is 5.64. The highest BCUT2D eigenvalue weighted by Gasteiger charge is 2.48. The number of nitrogens with zero attached hydrogens (tertiary/aromatic N) is 1. The minimum atomic E-state index is -0.550. The summed E-state index contributed by atoms with van der Waals surface area (Å²) in [4.78, 5) is 2.58. The second-order valence-electron chi connectivity index (χ2n) is 9.89. The van der Waals surface area contributed by atoms with Gasteiger partial charge in [-0.1, -0.05) is 37.3 Å². The van der Waals surface area contributed by atoms with Gasteiger partial charge in [-0.2, -0.15) is 0 Å². The van der Waals surface area contributed by atoms with E-state index < -0.39 is 12.2 Å². The maximum atomic E-state index is 10.7. The average Bonchev–Trinajstić information content (AvgIpc) is 3.50. The molecule has 1 aromatic rings. The first kappa shape index (κ1) is 23.4. The van der Waals surface area contributed by atoms with Crippen molar-refractivity contribution in [2.75, 3.05) is 19.6 Å². The summed E-state index contributed by atoms with van der Waals surface area (Å²) in [6.07, 6.45) is 10.4. The van der Waals surface area contributed by atoms with Gasteiger partial charge in [-0.15, -0.1) is 11.8 Å². The number of ether oxygens (including phenoxy) is 1. The zero-order chi connectivity index (χ0) is 22.5. The summed E-state index contributed by atoms with van der Waals surface area (Å²) in [7, 11) is 0. The van der Waals surface area contributed by atoms with E-state index >= 15 is 0 Å². The van der Waals surface area contributed by atoms with Crippen LogP contribution in [0.15, 0.2) is 30.4 Å². The minimum Gasteiger partial charge on any atom is -0.489 e. The van der Waals surface area contributed by atoms with Gasteiger partial charge in [-0.3, -0.25) is 0 Å². The molecule has 32 heavy (non-hydrogen) atoms. The number of hydrogen-bond donors (Lipinski definition) is 2. The van der Waals surface area contributed by atoms with Crippen LogP contribution in [-0.2, 0) is 6.42 Å². The summed E-state index contributed by atoms with van der Waals surface area (Å²) in [5.74, 6) is 7.21. The van der Waals surface area contributed by atoms with Crippen molar-refractivity contribution in [1.82, 2.24) is 4.90 Å². The molecule has 4 heteroatoms. The molecule has 4 rings (SSSR count). The lowest BCUT2D eigenvalue weighted by molar-refractivity contribution is 0.134. The molecule has 174 valence electrons. The molecule has 6 atom stereocenters.